The summed E-state index contributed by atoms with van der Waals surface area (Å²) in [6.45, 7) is 2.08. The molecule has 11 heavy (non-hydrogen) atoms. The van der Waals surface area contributed by atoms with E-state index in [4.69, 9.17) is 0 Å². The summed E-state index contributed by atoms with van der Waals surface area (Å²) in [7, 11) is 2.08. The second-order valence-electron chi connectivity index (χ2n) is 2.74. The third kappa shape index (κ3) is 1.02. The Morgan fingerprint density at radius 1 is 1.64 bits per heavy atom. The van der Waals surface area contributed by atoms with Crippen molar-refractivity contribution in [1.82, 2.24) is 4.98 Å². The van der Waals surface area contributed by atoms with Gasteiger partial charge in [0, 0.05) is 26.3 Å². The molecule has 0 aromatic carbocycles. The zero-order chi connectivity index (χ0) is 7.68. The molecular formula is C8H11N3. The minimum atomic E-state index is 1.02. The van der Waals surface area contributed by atoms with Crippen LogP contribution in [0.3, 0.4) is 0 Å². The molecule has 1 aliphatic rings. The largest absolute Gasteiger partial charge is 0.382 e. The highest BCUT2D eigenvalue weighted by Crippen LogP contribution is 2.25. The summed E-state index contributed by atoms with van der Waals surface area (Å²) in [5.74, 6) is 0. The lowest BCUT2D eigenvalue weighted by Crippen LogP contribution is -2.30. The van der Waals surface area contributed by atoms with Crippen LogP contribution in [0.1, 0.15) is 0 Å². The van der Waals surface area contributed by atoms with E-state index in [1.165, 1.54) is 11.4 Å². The van der Waals surface area contributed by atoms with Gasteiger partial charge in [-0.2, -0.15) is 0 Å². The van der Waals surface area contributed by atoms with E-state index in [1.807, 2.05) is 18.5 Å². The van der Waals surface area contributed by atoms with Crippen molar-refractivity contribution in [2.45, 2.75) is 0 Å². The average molecular weight is 149 g/mol. The van der Waals surface area contributed by atoms with Gasteiger partial charge in [0.1, 0.15) is 0 Å². The third-order valence-electron chi connectivity index (χ3n) is 1.97. The molecule has 1 aromatic rings. The topological polar surface area (TPSA) is 28.2 Å². The number of rotatable bonds is 0. The molecule has 0 saturated heterocycles. The normalized spacial score (nSPS) is 15.5. The molecule has 0 saturated carbocycles. The van der Waals surface area contributed by atoms with Crippen LogP contribution >= 0.6 is 0 Å². The number of aromatic nitrogens is 1. The smallest absolute Gasteiger partial charge is 0.0786 e. The van der Waals surface area contributed by atoms with Crippen molar-refractivity contribution < 1.29 is 0 Å². The van der Waals surface area contributed by atoms with Gasteiger partial charge in [-0.1, -0.05) is 0 Å². The number of nitrogens with one attached hydrogen (secondary N) is 1. The molecule has 2 heterocycles. The van der Waals surface area contributed by atoms with Gasteiger partial charge in [-0.05, 0) is 6.07 Å². The van der Waals surface area contributed by atoms with Gasteiger partial charge in [-0.25, -0.2) is 0 Å². The van der Waals surface area contributed by atoms with E-state index in [0.717, 1.165) is 13.1 Å². The van der Waals surface area contributed by atoms with Gasteiger partial charge in [-0.15, -0.1) is 0 Å². The first-order valence-corrected chi connectivity index (χ1v) is 3.77. The first-order valence-electron chi connectivity index (χ1n) is 3.77. The number of hydrogen-bond donors (Lipinski definition) is 1. The molecule has 0 amide bonds. The second-order valence-corrected chi connectivity index (χ2v) is 2.74. The lowest BCUT2D eigenvalue weighted by Gasteiger charge is -2.27. The molecule has 0 radical (unpaired) electrons. The number of anilines is 2. The summed E-state index contributed by atoms with van der Waals surface area (Å²) in [6, 6.07) is 2.00. The summed E-state index contributed by atoms with van der Waals surface area (Å²) < 4.78 is 0. The van der Waals surface area contributed by atoms with E-state index >= 15 is 0 Å². The van der Waals surface area contributed by atoms with Gasteiger partial charge in [0.2, 0.25) is 0 Å². The number of nitrogens with zero attached hydrogens (tertiary/aromatic N) is 2. The Hall–Kier alpha value is -1.25. The van der Waals surface area contributed by atoms with Crippen LogP contribution in [0.2, 0.25) is 0 Å². The van der Waals surface area contributed by atoms with Crippen molar-refractivity contribution >= 4 is 11.4 Å². The van der Waals surface area contributed by atoms with E-state index in [-0.39, 0.29) is 0 Å². The van der Waals surface area contributed by atoms with Gasteiger partial charge in [0.05, 0.1) is 17.6 Å². The SMILES string of the molecule is CN1CCNc2ccncc21. The zero-order valence-electron chi connectivity index (χ0n) is 6.54. The molecule has 0 fully saturated rings. The molecule has 58 valence electrons. The van der Waals surface area contributed by atoms with Crippen molar-refractivity contribution in [2.24, 2.45) is 0 Å². The monoisotopic (exact) mass is 149 g/mol. The Morgan fingerprint density at radius 2 is 2.55 bits per heavy atom. The average Bonchev–Trinajstić information content (AvgIpc) is 2.06. The fraction of sp³-hybridized carbons (Fsp3) is 0.375. The van der Waals surface area contributed by atoms with Crippen LogP contribution in [0.15, 0.2) is 18.5 Å². The molecule has 0 aliphatic carbocycles. The zero-order valence-corrected chi connectivity index (χ0v) is 6.54. The Kier molecular flexibility index (Phi) is 1.42. The van der Waals surface area contributed by atoms with Gasteiger partial charge in [-0.3, -0.25) is 4.98 Å². The molecule has 0 bridgehead atoms. The van der Waals surface area contributed by atoms with Crippen LogP contribution in [0.25, 0.3) is 0 Å². The van der Waals surface area contributed by atoms with Gasteiger partial charge in [0.25, 0.3) is 0 Å². The van der Waals surface area contributed by atoms with E-state index in [0.29, 0.717) is 0 Å². The van der Waals surface area contributed by atoms with Crippen molar-refractivity contribution in [1.29, 1.82) is 0 Å². The van der Waals surface area contributed by atoms with E-state index in [9.17, 15) is 0 Å². The number of likely N-dealkylation sites (N-methyl/N-ethyl adjacent to an activating group) is 1. The maximum Gasteiger partial charge on any atom is 0.0786 e. The third-order valence-corrected chi connectivity index (χ3v) is 1.97. The molecule has 1 N–H and O–H groups in total. The Bertz CT molecular complexity index is 259. The van der Waals surface area contributed by atoms with Crippen molar-refractivity contribution in [3.05, 3.63) is 18.5 Å². The minimum Gasteiger partial charge on any atom is -0.382 e. The molecule has 0 spiro atoms. The molecule has 1 aromatic heterocycles. The van der Waals surface area contributed by atoms with Gasteiger partial charge >= 0.3 is 0 Å². The molecule has 2 rings (SSSR count). The summed E-state index contributed by atoms with van der Waals surface area (Å²) in [6.07, 6.45) is 3.70. The molecule has 0 atom stereocenters. The molecule has 0 unspecified atom stereocenters. The predicted molar refractivity (Wildman–Crippen MR) is 46.0 cm³/mol. The van der Waals surface area contributed by atoms with Crippen molar-refractivity contribution in [3.63, 3.8) is 0 Å². The Balaban J connectivity index is 2.44. The van der Waals surface area contributed by atoms with Crippen LogP contribution < -0.4 is 10.2 Å². The molecule has 1 aliphatic heterocycles. The summed E-state index contributed by atoms with van der Waals surface area (Å²) in [5.41, 5.74) is 2.38. The van der Waals surface area contributed by atoms with Crippen LogP contribution in [0.5, 0.6) is 0 Å². The maximum atomic E-state index is 4.07. The number of fused-ring (bicyclic) bond motifs is 1. The van der Waals surface area contributed by atoms with Gasteiger partial charge < -0.3 is 10.2 Å². The lowest BCUT2D eigenvalue weighted by atomic mass is 10.2. The minimum absolute atomic E-state index is 1.02. The molecule has 3 heteroatoms. The Labute approximate surface area is 66.0 Å². The van der Waals surface area contributed by atoms with Crippen LogP contribution in [-0.2, 0) is 0 Å². The molecular weight excluding hydrogens is 138 g/mol. The first-order chi connectivity index (χ1) is 5.38. The fourth-order valence-electron chi connectivity index (χ4n) is 1.32. The predicted octanol–water partition coefficient (Wildman–Crippen LogP) is 0.943. The standard InChI is InChI=1S/C8H11N3/c1-11-5-4-10-7-2-3-9-6-8(7)11/h2-3,6,10H,4-5H2,1H3. The van der Waals surface area contributed by atoms with Crippen molar-refractivity contribution in [3.8, 4) is 0 Å². The van der Waals surface area contributed by atoms with Crippen LogP contribution in [0, 0.1) is 0 Å². The van der Waals surface area contributed by atoms with E-state index in [2.05, 4.69) is 22.2 Å². The molecule has 3 nitrogen and oxygen atoms in total. The maximum absolute atomic E-state index is 4.07. The summed E-state index contributed by atoms with van der Waals surface area (Å²) >= 11 is 0. The highest BCUT2D eigenvalue weighted by molar-refractivity contribution is 5.70. The number of hydrogen-bond acceptors (Lipinski definition) is 3. The van der Waals surface area contributed by atoms with Crippen molar-refractivity contribution in [2.75, 3.05) is 30.4 Å². The summed E-state index contributed by atoms with van der Waals surface area (Å²) in [5, 5.41) is 3.31. The van der Waals surface area contributed by atoms with Crippen LogP contribution in [0.4, 0.5) is 11.4 Å². The fourth-order valence-corrected chi connectivity index (χ4v) is 1.32. The van der Waals surface area contributed by atoms with E-state index < -0.39 is 0 Å². The first kappa shape index (κ1) is 6.46. The number of pyridine rings is 1. The summed E-state index contributed by atoms with van der Waals surface area (Å²) in [4.78, 5) is 6.27. The second kappa shape index (κ2) is 2.42. The highest BCUT2D eigenvalue weighted by Gasteiger charge is 2.11. The lowest BCUT2D eigenvalue weighted by molar-refractivity contribution is 0.882. The van der Waals surface area contributed by atoms with Crippen LogP contribution in [-0.4, -0.2) is 25.1 Å². The Morgan fingerprint density at radius 3 is 3.36 bits per heavy atom. The van der Waals surface area contributed by atoms with Gasteiger partial charge in [0.15, 0.2) is 0 Å². The van der Waals surface area contributed by atoms with E-state index in [1.54, 1.807) is 0 Å². The quantitative estimate of drug-likeness (QED) is 0.595. The highest BCUT2D eigenvalue weighted by atomic mass is 15.2.